The summed E-state index contributed by atoms with van der Waals surface area (Å²) in [6.07, 6.45) is -4.82. The fourth-order valence-corrected chi connectivity index (χ4v) is 4.26. The molecule has 33 heavy (non-hydrogen) atoms. The minimum absolute atomic E-state index is 0.00250. The molecule has 3 rings (SSSR count). The van der Waals surface area contributed by atoms with Gasteiger partial charge in [0.2, 0.25) is 5.91 Å². The molecule has 1 aromatic carbocycles. The number of piperidine rings is 1. The average molecular weight is 489 g/mol. The van der Waals surface area contributed by atoms with Crippen LogP contribution in [0.25, 0.3) is 5.57 Å². The summed E-state index contributed by atoms with van der Waals surface area (Å²) in [6.45, 7) is 0.158. The monoisotopic (exact) mass is 488 g/mol. The van der Waals surface area contributed by atoms with Crippen LogP contribution in [0.1, 0.15) is 24.8 Å². The van der Waals surface area contributed by atoms with Gasteiger partial charge in [0, 0.05) is 37.1 Å². The summed E-state index contributed by atoms with van der Waals surface area (Å²) >= 11 is 6.30. The van der Waals surface area contributed by atoms with Crippen LogP contribution >= 0.6 is 11.6 Å². The lowest BCUT2D eigenvalue weighted by Gasteiger charge is -2.37. The van der Waals surface area contributed by atoms with Crippen molar-refractivity contribution in [2.24, 2.45) is 0 Å². The molecule has 178 valence electrons. The number of halogens is 4. The number of hydrogen-bond acceptors (Lipinski definition) is 5. The van der Waals surface area contributed by atoms with E-state index in [1.807, 2.05) is 0 Å². The van der Waals surface area contributed by atoms with Crippen molar-refractivity contribution in [1.82, 2.24) is 10.2 Å². The topological polar surface area (TPSA) is 105 Å². The van der Waals surface area contributed by atoms with E-state index in [0.717, 1.165) is 4.90 Å². The summed E-state index contributed by atoms with van der Waals surface area (Å²) in [7, 11) is 0. The fraction of sp³-hybridized carbons (Fsp3) is 0.381. The summed E-state index contributed by atoms with van der Waals surface area (Å²) < 4.78 is 48.6. The minimum Gasteiger partial charge on any atom is -0.465 e. The highest BCUT2D eigenvalue weighted by Gasteiger charge is 2.47. The Morgan fingerprint density at radius 1 is 1.24 bits per heavy atom. The highest BCUT2D eigenvalue weighted by atomic mass is 35.5. The second kappa shape index (κ2) is 9.84. The molecule has 1 fully saturated rings. The van der Waals surface area contributed by atoms with E-state index < -0.39 is 42.0 Å². The molecular weight excluding hydrogens is 469 g/mol. The van der Waals surface area contributed by atoms with Gasteiger partial charge in [-0.1, -0.05) is 48.0 Å². The Labute approximate surface area is 191 Å². The van der Waals surface area contributed by atoms with Gasteiger partial charge in [-0.15, -0.1) is 13.2 Å². The van der Waals surface area contributed by atoms with Crippen LogP contribution in [0.4, 0.5) is 18.0 Å². The zero-order valence-electron chi connectivity index (χ0n) is 17.0. The summed E-state index contributed by atoms with van der Waals surface area (Å²) in [5.41, 5.74) is 0.448. The van der Waals surface area contributed by atoms with Gasteiger partial charge in [-0.2, -0.15) is 0 Å². The first kappa shape index (κ1) is 24.6. The van der Waals surface area contributed by atoms with E-state index in [-0.39, 0.29) is 37.1 Å². The quantitative estimate of drug-likeness (QED) is 0.468. The fourth-order valence-electron chi connectivity index (χ4n) is 3.85. The van der Waals surface area contributed by atoms with Gasteiger partial charge in [0.15, 0.2) is 5.06 Å². The van der Waals surface area contributed by atoms with Gasteiger partial charge in [0.25, 0.3) is 6.47 Å². The molecule has 0 radical (unpaired) electrons. The Bertz CT molecular complexity index is 968. The number of carbonyl (C=O) groups excluding carboxylic acids is 2. The predicted octanol–water partition coefficient (Wildman–Crippen LogP) is 3.63. The van der Waals surface area contributed by atoms with Crippen LogP contribution in [0.2, 0.25) is 0 Å². The Morgan fingerprint density at radius 2 is 1.94 bits per heavy atom. The molecule has 2 aliphatic rings. The van der Waals surface area contributed by atoms with Gasteiger partial charge in [0.1, 0.15) is 12.1 Å². The molecule has 2 amide bonds. The number of hydrogen-bond donors (Lipinski definition) is 2. The SMILES string of the molecule is O=CO[C@@H]1CCN(C(=O)O)[C@@H](C(=O)NC2=CC=C(c3ccccc3)C(Cl)(OC(F)(F)F)C2)C1. The third-order valence-electron chi connectivity index (χ3n) is 5.27. The number of nitrogens with one attached hydrogen (secondary N) is 1. The molecule has 0 saturated carbocycles. The molecule has 0 bridgehead atoms. The lowest BCUT2D eigenvalue weighted by atomic mass is 9.92. The molecule has 1 aliphatic heterocycles. The first-order valence-electron chi connectivity index (χ1n) is 9.84. The van der Waals surface area contributed by atoms with E-state index in [9.17, 15) is 32.7 Å². The van der Waals surface area contributed by atoms with E-state index in [4.69, 9.17) is 16.3 Å². The number of allylic oxidation sites excluding steroid dienone is 2. The molecular formula is C21H20ClF3N2O6. The van der Waals surface area contributed by atoms with Crippen LogP contribution in [-0.2, 0) is 19.1 Å². The van der Waals surface area contributed by atoms with Gasteiger partial charge >= 0.3 is 12.5 Å². The zero-order chi connectivity index (χ0) is 24.2. The molecule has 1 heterocycles. The van der Waals surface area contributed by atoms with Crippen molar-refractivity contribution in [2.45, 2.75) is 42.8 Å². The maximum Gasteiger partial charge on any atom is 0.524 e. The van der Waals surface area contributed by atoms with Gasteiger partial charge in [-0.25, -0.2) is 4.79 Å². The zero-order valence-corrected chi connectivity index (χ0v) is 17.8. The van der Waals surface area contributed by atoms with Gasteiger partial charge < -0.3 is 15.2 Å². The second-order valence-corrected chi connectivity index (χ2v) is 8.06. The number of carboxylic acid groups (broad SMARTS) is 1. The number of carbonyl (C=O) groups is 3. The second-order valence-electron chi connectivity index (χ2n) is 7.45. The van der Waals surface area contributed by atoms with Gasteiger partial charge in [-0.05, 0) is 11.6 Å². The molecule has 0 aromatic heterocycles. The molecule has 0 spiro atoms. The van der Waals surface area contributed by atoms with Crippen molar-refractivity contribution < 1.29 is 42.1 Å². The van der Waals surface area contributed by atoms with E-state index in [0.29, 0.717) is 5.56 Å². The highest BCUT2D eigenvalue weighted by Crippen LogP contribution is 2.45. The van der Waals surface area contributed by atoms with E-state index >= 15 is 0 Å². The van der Waals surface area contributed by atoms with E-state index in [1.54, 1.807) is 30.3 Å². The van der Waals surface area contributed by atoms with Crippen LogP contribution in [0.15, 0.2) is 48.2 Å². The van der Waals surface area contributed by atoms with Crippen molar-refractivity contribution in [3.05, 3.63) is 53.7 Å². The molecule has 8 nitrogen and oxygen atoms in total. The van der Waals surface area contributed by atoms with Crippen molar-refractivity contribution in [3.8, 4) is 0 Å². The number of rotatable bonds is 6. The largest absolute Gasteiger partial charge is 0.524 e. The Kier molecular flexibility index (Phi) is 7.33. The third-order valence-corrected chi connectivity index (χ3v) is 5.68. The Hall–Kier alpha value is -3.05. The van der Waals surface area contributed by atoms with E-state index in [1.165, 1.54) is 12.2 Å². The van der Waals surface area contributed by atoms with Crippen LogP contribution in [-0.4, -0.2) is 58.6 Å². The first-order chi connectivity index (χ1) is 15.5. The molecule has 1 saturated heterocycles. The number of ether oxygens (including phenoxy) is 2. The minimum atomic E-state index is -5.06. The van der Waals surface area contributed by atoms with Crippen LogP contribution in [0.3, 0.4) is 0 Å². The normalized spacial score (nSPS) is 25.5. The molecule has 1 aromatic rings. The average Bonchev–Trinajstić information content (AvgIpc) is 2.73. The van der Waals surface area contributed by atoms with Crippen molar-refractivity contribution >= 4 is 35.6 Å². The Morgan fingerprint density at radius 3 is 2.55 bits per heavy atom. The van der Waals surface area contributed by atoms with Crippen molar-refractivity contribution in [3.63, 3.8) is 0 Å². The highest BCUT2D eigenvalue weighted by molar-refractivity contribution is 6.29. The third kappa shape index (κ3) is 6.05. The summed E-state index contributed by atoms with van der Waals surface area (Å²) in [4.78, 5) is 35.9. The lowest BCUT2D eigenvalue weighted by Crippen LogP contribution is -2.54. The lowest BCUT2D eigenvalue weighted by molar-refractivity contribution is -0.342. The van der Waals surface area contributed by atoms with Gasteiger partial charge in [0.05, 0.1) is 0 Å². The maximum atomic E-state index is 13.2. The maximum absolute atomic E-state index is 13.2. The predicted molar refractivity (Wildman–Crippen MR) is 110 cm³/mol. The van der Waals surface area contributed by atoms with Crippen LogP contribution < -0.4 is 5.32 Å². The molecule has 3 atom stereocenters. The Balaban J connectivity index is 1.85. The number of likely N-dealkylation sites (tertiary alicyclic amines) is 1. The molecule has 12 heteroatoms. The first-order valence-corrected chi connectivity index (χ1v) is 10.2. The molecule has 2 N–H and O–H groups in total. The van der Waals surface area contributed by atoms with Gasteiger partial charge in [-0.3, -0.25) is 19.2 Å². The van der Waals surface area contributed by atoms with Crippen molar-refractivity contribution in [2.75, 3.05) is 6.54 Å². The number of benzene rings is 1. The van der Waals surface area contributed by atoms with Crippen LogP contribution in [0, 0.1) is 0 Å². The standard InChI is InChI=1S/C21H20ClF3N2O6/c22-20(33-21(23,24)25)11-14(6-7-16(20)13-4-2-1-3-5-13)26-18(29)17-10-15(32-12-28)8-9-27(17)19(30)31/h1-7,12,15,17H,8-11H2,(H,26,29)(H,30,31)/t15-,17-,20?/m1/s1. The van der Waals surface area contributed by atoms with Crippen molar-refractivity contribution in [1.29, 1.82) is 0 Å². The number of nitrogens with zero attached hydrogens (tertiary/aromatic N) is 1. The number of amides is 2. The number of alkyl halides is 4. The summed E-state index contributed by atoms with van der Waals surface area (Å²) in [6, 6.07) is 6.87. The molecule has 1 aliphatic carbocycles. The smallest absolute Gasteiger partial charge is 0.465 e. The molecule has 1 unspecified atom stereocenters. The van der Waals surface area contributed by atoms with Crippen LogP contribution in [0.5, 0.6) is 0 Å². The summed E-state index contributed by atoms with van der Waals surface area (Å²) in [5, 5.41) is 9.48. The summed E-state index contributed by atoms with van der Waals surface area (Å²) in [5.74, 6) is -0.787. The van der Waals surface area contributed by atoms with E-state index in [2.05, 4.69) is 10.1 Å².